The number of methoxy groups -OCH3 is 2. The van der Waals surface area contributed by atoms with Crippen LogP contribution in [0.1, 0.15) is 43.1 Å². The third-order valence-corrected chi connectivity index (χ3v) is 4.08. The van der Waals surface area contributed by atoms with Crippen LogP contribution in [-0.4, -0.2) is 26.8 Å². The number of hydrogen-bond donors (Lipinski definition) is 0. The van der Waals surface area contributed by atoms with E-state index in [9.17, 15) is 4.79 Å². The molecular formula is C20H26O4. The Balaban J connectivity index is 2.79. The summed E-state index contributed by atoms with van der Waals surface area (Å²) in [5.41, 5.74) is 1.41. The summed E-state index contributed by atoms with van der Waals surface area (Å²) < 4.78 is 16.5. The average Bonchev–Trinajstić information content (AvgIpc) is 2.58. The predicted molar refractivity (Wildman–Crippen MR) is 96.2 cm³/mol. The first-order valence-corrected chi connectivity index (χ1v) is 8.37. The zero-order chi connectivity index (χ0) is 17.7. The van der Waals surface area contributed by atoms with Gasteiger partial charge in [-0.25, -0.2) is 4.79 Å². The summed E-state index contributed by atoms with van der Waals surface area (Å²) in [6.45, 7) is 6.46. The smallest absolute Gasteiger partial charge is 0.345 e. The van der Waals surface area contributed by atoms with Gasteiger partial charge in [-0.05, 0) is 31.1 Å². The lowest BCUT2D eigenvalue weighted by molar-refractivity contribution is 0.0519. The van der Waals surface area contributed by atoms with Gasteiger partial charge >= 0.3 is 5.97 Å². The van der Waals surface area contributed by atoms with E-state index in [2.05, 4.69) is 13.8 Å². The van der Waals surface area contributed by atoms with Crippen molar-refractivity contribution in [1.82, 2.24) is 0 Å². The Kier molecular flexibility index (Phi) is 6.07. The summed E-state index contributed by atoms with van der Waals surface area (Å²) >= 11 is 0. The number of rotatable bonds is 7. The molecule has 0 bridgehead atoms. The molecule has 0 amide bonds. The summed E-state index contributed by atoms with van der Waals surface area (Å²) in [7, 11) is 3.16. The largest absolute Gasteiger partial charge is 0.495 e. The predicted octanol–water partition coefficient (Wildman–Crippen LogP) is 4.62. The van der Waals surface area contributed by atoms with Gasteiger partial charge in [0.05, 0.1) is 20.8 Å². The normalized spacial score (nSPS) is 10.9. The Morgan fingerprint density at radius 2 is 1.67 bits per heavy atom. The summed E-state index contributed by atoms with van der Waals surface area (Å²) in [6.07, 6.45) is 1.84. The minimum Gasteiger partial charge on any atom is -0.495 e. The molecule has 0 atom stereocenters. The van der Waals surface area contributed by atoms with E-state index in [4.69, 9.17) is 14.2 Å². The lowest BCUT2D eigenvalue weighted by atomic mass is 9.93. The summed E-state index contributed by atoms with van der Waals surface area (Å²) in [5.74, 6) is 1.21. The number of fused-ring (bicyclic) bond motifs is 1. The lowest BCUT2D eigenvalue weighted by Crippen LogP contribution is -2.11. The van der Waals surface area contributed by atoms with Crippen molar-refractivity contribution in [3.05, 3.63) is 35.4 Å². The van der Waals surface area contributed by atoms with Crippen molar-refractivity contribution in [2.45, 2.75) is 33.6 Å². The van der Waals surface area contributed by atoms with Gasteiger partial charge in [-0.2, -0.15) is 0 Å². The van der Waals surface area contributed by atoms with Gasteiger partial charge in [0.2, 0.25) is 0 Å². The number of aryl methyl sites for hydroxylation is 1. The third kappa shape index (κ3) is 3.48. The van der Waals surface area contributed by atoms with Gasteiger partial charge < -0.3 is 14.2 Å². The first kappa shape index (κ1) is 18.1. The summed E-state index contributed by atoms with van der Waals surface area (Å²) in [5, 5.41) is 1.96. The molecule has 0 saturated carbocycles. The second-order valence-corrected chi connectivity index (χ2v) is 6.12. The molecule has 24 heavy (non-hydrogen) atoms. The number of benzene rings is 2. The maximum atomic E-state index is 12.6. The van der Waals surface area contributed by atoms with Crippen LogP contribution in [0.4, 0.5) is 0 Å². The highest BCUT2D eigenvalue weighted by atomic mass is 16.5. The number of carbonyl (C=O) groups excluding carboxylic acids is 1. The van der Waals surface area contributed by atoms with E-state index < -0.39 is 5.97 Å². The molecule has 0 fully saturated rings. The SMILES string of the molecule is CCOC(=O)c1c(OC)c(CCC(C)C)c2ccccc2c1OC. The van der Waals surface area contributed by atoms with E-state index in [0.717, 1.165) is 29.2 Å². The molecule has 2 aromatic rings. The fourth-order valence-electron chi connectivity index (χ4n) is 2.96. The van der Waals surface area contributed by atoms with Gasteiger partial charge in [0, 0.05) is 10.9 Å². The molecular weight excluding hydrogens is 304 g/mol. The summed E-state index contributed by atoms with van der Waals surface area (Å²) in [4.78, 5) is 12.6. The molecule has 0 aliphatic rings. The highest BCUT2D eigenvalue weighted by Gasteiger charge is 2.26. The van der Waals surface area contributed by atoms with Crippen molar-refractivity contribution >= 4 is 16.7 Å². The molecule has 0 N–H and O–H groups in total. The molecule has 0 unspecified atom stereocenters. The second kappa shape index (κ2) is 8.04. The molecule has 0 spiro atoms. The number of esters is 1. The molecule has 0 heterocycles. The Bertz CT molecular complexity index is 719. The van der Waals surface area contributed by atoms with Crippen LogP contribution in [0, 0.1) is 5.92 Å². The monoisotopic (exact) mass is 330 g/mol. The highest BCUT2D eigenvalue weighted by molar-refractivity contribution is 6.06. The minimum absolute atomic E-state index is 0.305. The molecule has 4 nitrogen and oxygen atoms in total. The van der Waals surface area contributed by atoms with E-state index in [-0.39, 0.29) is 0 Å². The van der Waals surface area contributed by atoms with Crippen molar-refractivity contribution in [1.29, 1.82) is 0 Å². The van der Waals surface area contributed by atoms with E-state index in [1.54, 1.807) is 21.1 Å². The first-order valence-electron chi connectivity index (χ1n) is 8.37. The van der Waals surface area contributed by atoms with Crippen molar-refractivity contribution in [3.8, 4) is 11.5 Å². The fraction of sp³-hybridized carbons (Fsp3) is 0.450. The van der Waals surface area contributed by atoms with Crippen LogP contribution >= 0.6 is 0 Å². The average molecular weight is 330 g/mol. The molecule has 2 aromatic carbocycles. The van der Waals surface area contributed by atoms with E-state index in [1.807, 2.05) is 24.3 Å². The van der Waals surface area contributed by atoms with Crippen molar-refractivity contribution < 1.29 is 19.0 Å². The quantitative estimate of drug-likeness (QED) is 0.695. The van der Waals surface area contributed by atoms with Crippen LogP contribution in [-0.2, 0) is 11.2 Å². The van der Waals surface area contributed by atoms with Gasteiger partial charge in [-0.3, -0.25) is 0 Å². The zero-order valence-electron chi connectivity index (χ0n) is 15.1. The van der Waals surface area contributed by atoms with Crippen molar-refractivity contribution in [2.24, 2.45) is 5.92 Å². The maximum Gasteiger partial charge on any atom is 0.345 e. The Morgan fingerprint density at radius 1 is 1.04 bits per heavy atom. The molecule has 0 radical (unpaired) electrons. The van der Waals surface area contributed by atoms with Crippen LogP contribution in [0.2, 0.25) is 0 Å². The van der Waals surface area contributed by atoms with Crippen LogP contribution in [0.5, 0.6) is 11.5 Å². The van der Waals surface area contributed by atoms with Crippen LogP contribution in [0.3, 0.4) is 0 Å². The van der Waals surface area contributed by atoms with Crippen molar-refractivity contribution in [3.63, 3.8) is 0 Å². The number of hydrogen-bond acceptors (Lipinski definition) is 4. The lowest BCUT2D eigenvalue weighted by Gasteiger charge is -2.20. The fourth-order valence-corrected chi connectivity index (χ4v) is 2.96. The van der Waals surface area contributed by atoms with Crippen LogP contribution < -0.4 is 9.47 Å². The molecule has 0 aliphatic heterocycles. The third-order valence-electron chi connectivity index (χ3n) is 4.08. The molecule has 0 aliphatic carbocycles. The van der Waals surface area contributed by atoms with E-state index >= 15 is 0 Å². The van der Waals surface area contributed by atoms with Crippen molar-refractivity contribution in [2.75, 3.05) is 20.8 Å². The Hall–Kier alpha value is -2.23. The number of carbonyl (C=O) groups is 1. The zero-order valence-corrected chi connectivity index (χ0v) is 15.1. The molecule has 4 heteroatoms. The van der Waals surface area contributed by atoms with Gasteiger partial charge in [0.25, 0.3) is 0 Å². The highest BCUT2D eigenvalue weighted by Crippen LogP contribution is 2.42. The van der Waals surface area contributed by atoms with Gasteiger partial charge in [-0.15, -0.1) is 0 Å². The molecule has 0 aromatic heterocycles. The standard InChI is InChI=1S/C20H26O4/c1-6-24-20(21)17-18(22-4)15-10-8-7-9-14(15)16(19(17)23-5)12-11-13(2)3/h7-10,13H,6,11-12H2,1-5H3. The van der Waals surface area contributed by atoms with Gasteiger partial charge in [0.1, 0.15) is 17.1 Å². The maximum absolute atomic E-state index is 12.6. The molecule has 2 rings (SSSR count). The topological polar surface area (TPSA) is 44.8 Å². The van der Waals surface area contributed by atoms with Crippen LogP contribution in [0.15, 0.2) is 24.3 Å². The van der Waals surface area contributed by atoms with Gasteiger partial charge in [0.15, 0.2) is 0 Å². The van der Waals surface area contributed by atoms with E-state index in [1.165, 1.54) is 0 Å². The minimum atomic E-state index is -0.414. The molecule has 130 valence electrons. The number of ether oxygens (including phenoxy) is 3. The Labute approximate surface area is 143 Å². The Morgan fingerprint density at radius 3 is 2.21 bits per heavy atom. The first-order chi connectivity index (χ1) is 11.5. The second-order valence-electron chi connectivity index (χ2n) is 6.12. The van der Waals surface area contributed by atoms with Crippen LogP contribution in [0.25, 0.3) is 10.8 Å². The summed E-state index contributed by atoms with van der Waals surface area (Å²) in [6, 6.07) is 7.95. The molecule has 0 saturated heterocycles. The van der Waals surface area contributed by atoms with E-state index in [0.29, 0.717) is 29.6 Å². The van der Waals surface area contributed by atoms with Gasteiger partial charge in [-0.1, -0.05) is 38.1 Å².